The highest BCUT2D eigenvalue weighted by Gasteiger charge is 2.25. The number of carbonyl (C=O) groups is 1. The zero-order chi connectivity index (χ0) is 13.8. The topological polar surface area (TPSA) is 61.6 Å². The zero-order valence-electron chi connectivity index (χ0n) is 11.8. The number of hydrogen-bond donors (Lipinski definition) is 0. The molecule has 0 aliphatic carbocycles. The third-order valence-electron chi connectivity index (χ3n) is 3.13. The number of aromatic nitrogens is 1. The van der Waals surface area contributed by atoms with E-state index in [2.05, 4.69) is 4.98 Å². The molecule has 1 fully saturated rings. The van der Waals surface area contributed by atoms with Crippen LogP contribution in [0.4, 0.5) is 0 Å². The van der Waals surface area contributed by atoms with Crippen LogP contribution in [0.1, 0.15) is 61.7 Å². The standard InChI is InChI=1S/C14H21NO4/c1-4-17-14(16)13-12(9(2)3)15-11(19-13)8-10-6-5-7-18-10/h9-10H,4-8H2,1-3H3. The van der Waals surface area contributed by atoms with Crippen LogP contribution in [0.3, 0.4) is 0 Å². The fourth-order valence-corrected chi connectivity index (χ4v) is 2.20. The minimum Gasteiger partial charge on any atom is -0.460 e. The number of nitrogens with zero attached hydrogens (tertiary/aromatic N) is 1. The summed E-state index contributed by atoms with van der Waals surface area (Å²) in [5, 5.41) is 0. The van der Waals surface area contributed by atoms with Gasteiger partial charge in [0.05, 0.1) is 24.8 Å². The minimum absolute atomic E-state index is 0.126. The average molecular weight is 267 g/mol. The molecule has 1 saturated heterocycles. The number of rotatable bonds is 5. The smallest absolute Gasteiger partial charge is 0.376 e. The Morgan fingerprint density at radius 2 is 2.32 bits per heavy atom. The lowest BCUT2D eigenvalue weighted by Gasteiger charge is -2.04. The first-order chi connectivity index (χ1) is 9.11. The highest BCUT2D eigenvalue weighted by molar-refractivity contribution is 5.87. The van der Waals surface area contributed by atoms with Gasteiger partial charge in [0.25, 0.3) is 0 Å². The molecule has 1 atom stereocenters. The second-order valence-electron chi connectivity index (χ2n) is 5.04. The summed E-state index contributed by atoms with van der Waals surface area (Å²) in [5.41, 5.74) is 0.673. The third-order valence-corrected chi connectivity index (χ3v) is 3.13. The van der Waals surface area contributed by atoms with Crippen LogP contribution in [-0.2, 0) is 15.9 Å². The monoisotopic (exact) mass is 267 g/mol. The molecule has 0 bridgehead atoms. The molecule has 0 aromatic carbocycles. The summed E-state index contributed by atoms with van der Waals surface area (Å²) < 4.78 is 16.1. The minimum atomic E-state index is -0.433. The maximum absolute atomic E-state index is 11.8. The molecule has 19 heavy (non-hydrogen) atoms. The van der Waals surface area contributed by atoms with Crippen LogP contribution in [-0.4, -0.2) is 30.3 Å². The molecular formula is C14H21NO4. The molecule has 0 spiro atoms. The van der Waals surface area contributed by atoms with Crippen molar-refractivity contribution in [1.82, 2.24) is 4.98 Å². The van der Waals surface area contributed by atoms with Crippen molar-refractivity contribution in [3.8, 4) is 0 Å². The van der Waals surface area contributed by atoms with Crippen LogP contribution in [0.5, 0.6) is 0 Å². The van der Waals surface area contributed by atoms with Gasteiger partial charge in [0, 0.05) is 6.61 Å². The second kappa shape index (κ2) is 6.19. The molecule has 106 valence electrons. The van der Waals surface area contributed by atoms with Crippen LogP contribution in [0.25, 0.3) is 0 Å². The summed E-state index contributed by atoms with van der Waals surface area (Å²) >= 11 is 0. The molecule has 2 rings (SSSR count). The first-order valence-corrected chi connectivity index (χ1v) is 6.90. The summed E-state index contributed by atoms with van der Waals surface area (Å²) in [7, 11) is 0. The van der Waals surface area contributed by atoms with E-state index in [0.29, 0.717) is 24.6 Å². The normalized spacial score (nSPS) is 19.1. The Hall–Kier alpha value is -1.36. The Labute approximate surface area is 113 Å². The van der Waals surface area contributed by atoms with Crippen molar-refractivity contribution in [2.75, 3.05) is 13.2 Å². The third kappa shape index (κ3) is 3.35. The Balaban J connectivity index is 2.16. The highest BCUT2D eigenvalue weighted by atomic mass is 16.5. The van der Waals surface area contributed by atoms with Gasteiger partial charge in [-0.3, -0.25) is 0 Å². The van der Waals surface area contributed by atoms with E-state index in [1.54, 1.807) is 6.92 Å². The summed E-state index contributed by atoms with van der Waals surface area (Å²) in [6.07, 6.45) is 2.88. The molecule has 1 aromatic heterocycles. The van der Waals surface area contributed by atoms with Crippen molar-refractivity contribution in [1.29, 1.82) is 0 Å². The van der Waals surface area contributed by atoms with Gasteiger partial charge >= 0.3 is 5.97 Å². The van der Waals surface area contributed by atoms with Gasteiger partial charge in [-0.25, -0.2) is 9.78 Å². The van der Waals surface area contributed by atoms with Crippen LogP contribution < -0.4 is 0 Å². The first kappa shape index (κ1) is 14.1. The Kier molecular flexibility index (Phi) is 4.58. The summed E-state index contributed by atoms with van der Waals surface area (Å²) in [4.78, 5) is 16.3. The van der Waals surface area contributed by atoms with Crippen LogP contribution >= 0.6 is 0 Å². The van der Waals surface area contributed by atoms with Gasteiger partial charge in [-0.05, 0) is 25.7 Å². The average Bonchev–Trinajstić information content (AvgIpc) is 2.99. The molecule has 0 radical (unpaired) electrons. The van der Waals surface area contributed by atoms with Crippen molar-refractivity contribution >= 4 is 5.97 Å². The quantitative estimate of drug-likeness (QED) is 0.767. The number of oxazole rings is 1. The van der Waals surface area contributed by atoms with Crippen molar-refractivity contribution < 1.29 is 18.7 Å². The van der Waals surface area contributed by atoms with Crippen molar-refractivity contribution in [3.63, 3.8) is 0 Å². The van der Waals surface area contributed by atoms with Crippen LogP contribution in [0.2, 0.25) is 0 Å². The molecule has 1 aliphatic heterocycles. The van der Waals surface area contributed by atoms with E-state index in [-0.39, 0.29) is 17.8 Å². The molecule has 1 unspecified atom stereocenters. The predicted octanol–water partition coefficient (Wildman–Crippen LogP) is 2.70. The van der Waals surface area contributed by atoms with Crippen LogP contribution in [0.15, 0.2) is 4.42 Å². The lowest BCUT2D eigenvalue weighted by molar-refractivity contribution is 0.0482. The van der Waals surface area contributed by atoms with Gasteiger partial charge in [-0.2, -0.15) is 0 Å². The molecule has 2 heterocycles. The molecule has 0 saturated carbocycles. The number of ether oxygens (including phenoxy) is 2. The van der Waals surface area contributed by atoms with E-state index >= 15 is 0 Å². The van der Waals surface area contributed by atoms with Gasteiger partial charge in [0.2, 0.25) is 5.76 Å². The van der Waals surface area contributed by atoms with Crippen molar-refractivity contribution in [2.24, 2.45) is 0 Å². The summed E-state index contributed by atoms with van der Waals surface area (Å²) in [5.74, 6) is 0.502. The first-order valence-electron chi connectivity index (χ1n) is 6.90. The zero-order valence-corrected chi connectivity index (χ0v) is 11.8. The van der Waals surface area contributed by atoms with E-state index < -0.39 is 5.97 Å². The highest BCUT2D eigenvalue weighted by Crippen LogP contribution is 2.24. The molecule has 0 amide bonds. The van der Waals surface area contributed by atoms with E-state index in [1.165, 1.54) is 0 Å². The molecule has 1 aliphatic rings. The van der Waals surface area contributed by atoms with Gasteiger partial charge in [0.15, 0.2) is 5.89 Å². The largest absolute Gasteiger partial charge is 0.460 e. The Bertz CT molecular complexity index is 433. The predicted molar refractivity (Wildman–Crippen MR) is 69.2 cm³/mol. The fraction of sp³-hybridized carbons (Fsp3) is 0.714. The van der Waals surface area contributed by atoms with Crippen molar-refractivity contribution in [3.05, 3.63) is 17.3 Å². The Morgan fingerprint density at radius 3 is 2.89 bits per heavy atom. The van der Waals surface area contributed by atoms with Gasteiger partial charge < -0.3 is 13.9 Å². The molecule has 0 N–H and O–H groups in total. The van der Waals surface area contributed by atoms with Crippen LogP contribution in [0, 0.1) is 0 Å². The lowest BCUT2D eigenvalue weighted by atomic mass is 10.1. The molecule has 5 heteroatoms. The van der Waals surface area contributed by atoms with E-state index in [4.69, 9.17) is 13.9 Å². The van der Waals surface area contributed by atoms with E-state index in [9.17, 15) is 4.79 Å². The number of hydrogen-bond acceptors (Lipinski definition) is 5. The van der Waals surface area contributed by atoms with Crippen molar-refractivity contribution in [2.45, 2.75) is 52.1 Å². The fourth-order valence-electron chi connectivity index (χ4n) is 2.20. The number of esters is 1. The van der Waals surface area contributed by atoms with Gasteiger partial charge in [0.1, 0.15) is 0 Å². The van der Waals surface area contributed by atoms with Gasteiger partial charge in [-0.1, -0.05) is 13.8 Å². The maximum Gasteiger partial charge on any atom is 0.376 e. The van der Waals surface area contributed by atoms with E-state index in [0.717, 1.165) is 19.4 Å². The Morgan fingerprint density at radius 1 is 1.53 bits per heavy atom. The molecule has 5 nitrogen and oxygen atoms in total. The molecule has 1 aromatic rings. The van der Waals surface area contributed by atoms with E-state index in [1.807, 2.05) is 13.8 Å². The number of carbonyl (C=O) groups excluding carboxylic acids is 1. The second-order valence-corrected chi connectivity index (χ2v) is 5.04. The summed E-state index contributed by atoms with van der Waals surface area (Å²) in [6, 6.07) is 0. The SMILES string of the molecule is CCOC(=O)c1oc(CC2CCCO2)nc1C(C)C. The van der Waals surface area contributed by atoms with Gasteiger partial charge in [-0.15, -0.1) is 0 Å². The summed E-state index contributed by atoms with van der Waals surface area (Å²) in [6.45, 7) is 6.87. The molecular weight excluding hydrogens is 246 g/mol. The maximum atomic E-state index is 11.8. The lowest BCUT2D eigenvalue weighted by Crippen LogP contribution is -2.09.